The Morgan fingerprint density at radius 3 is 2.04 bits per heavy atom. The molecule has 1 aliphatic heterocycles. The number of anilines is 1. The van der Waals surface area contributed by atoms with E-state index >= 15 is 0 Å². The van der Waals surface area contributed by atoms with Gasteiger partial charge in [-0.25, -0.2) is 0 Å². The summed E-state index contributed by atoms with van der Waals surface area (Å²) >= 11 is 0. The summed E-state index contributed by atoms with van der Waals surface area (Å²) in [7, 11) is 1.49. The van der Waals surface area contributed by atoms with Crippen LogP contribution >= 0.6 is 0 Å². The monoisotopic (exact) mass is 363 g/mol. The van der Waals surface area contributed by atoms with Crippen molar-refractivity contribution in [3.63, 3.8) is 0 Å². The SMILES string of the molecule is COc1ccc(-c2c(C#N)c(N)n(N3C(=O)CCC3=O)c(=O)c2C#N)cc1. The molecule has 0 aliphatic carbocycles. The smallest absolute Gasteiger partial charge is 0.290 e. The lowest BCUT2D eigenvalue weighted by atomic mass is 9.96. The number of nitrogen functional groups attached to an aromatic ring is 1. The molecule has 1 fully saturated rings. The number of nitrogens with zero attached hydrogens (tertiary/aromatic N) is 4. The van der Waals surface area contributed by atoms with Gasteiger partial charge in [-0.05, 0) is 17.7 Å². The zero-order valence-electron chi connectivity index (χ0n) is 14.2. The minimum absolute atomic E-state index is 0.0421. The maximum Gasteiger partial charge on any atom is 0.290 e. The van der Waals surface area contributed by atoms with E-state index in [1.165, 1.54) is 7.11 Å². The third-order valence-corrected chi connectivity index (χ3v) is 4.22. The predicted octanol–water partition coefficient (Wildman–Crippen LogP) is 0.634. The second-order valence-corrected chi connectivity index (χ2v) is 5.68. The average Bonchev–Trinajstić information content (AvgIpc) is 3.00. The average molecular weight is 363 g/mol. The lowest BCUT2D eigenvalue weighted by Gasteiger charge is -2.21. The molecule has 9 heteroatoms. The molecule has 9 nitrogen and oxygen atoms in total. The van der Waals surface area contributed by atoms with E-state index in [0.29, 0.717) is 21.0 Å². The summed E-state index contributed by atoms with van der Waals surface area (Å²) in [5.41, 5.74) is 4.91. The maximum absolute atomic E-state index is 12.9. The Morgan fingerprint density at radius 1 is 1.00 bits per heavy atom. The number of aromatic nitrogens is 1. The number of carbonyl (C=O) groups is 2. The van der Waals surface area contributed by atoms with Crippen LogP contribution in [0.3, 0.4) is 0 Å². The standard InChI is InChI=1S/C18H13N5O4/c1-27-11-4-2-10(3-5-11)16-12(8-19)17(21)23(18(26)13(16)9-20)22-14(24)6-7-15(22)25/h2-5H,6-7,21H2,1H3. The van der Waals surface area contributed by atoms with Gasteiger partial charge in [0.2, 0.25) is 11.8 Å². The van der Waals surface area contributed by atoms with Crippen LogP contribution in [0.5, 0.6) is 5.75 Å². The number of pyridine rings is 1. The minimum Gasteiger partial charge on any atom is -0.497 e. The van der Waals surface area contributed by atoms with E-state index in [9.17, 15) is 24.9 Å². The fraction of sp³-hybridized carbons (Fsp3) is 0.167. The molecule has 0 bridgehead atoms. The minimum atomic E-state index is -0.941. The number of benzene rings is 1. The Labute approximate surface area is 153 Å². The summed E-state index contributed by atoms with van der Waals surface area (Å²) in [4.78, 5) is 36.9. The summed E-state index contributed by atoms with van der Waals surface area (Å²) < 4.78 is 5.69. The van der Waals surface area contributed by atoms with Gasteiger partial charge in [-0.15, -0.1) is 0 Å². The molecule has 2 N–H and O–H groups in total. The topological polar surface area (TPSA) is 142 Å². The van der Waals surface area contributed by atoms with Crippen LogP contribution in [-0.4, -0.2) is 23.6 Å². The first-order chi connectivity index (χ1) is 12.9. The van der Waals surface area contributed by atoms with E-state index < -0.39 is 22.9 Å². The third-order valence-electron chi connectivity index (χ3n) is 4.22. The number of rotatable bonds is 3. The van der Waals surface area contributed by atoms with Gasteiger partial charge in [-0.2, -0.15) is 20.2 Å². The molecule has 0 saturated carbocycles. The Balaban J connectivity index is 2.36. The summed E-state index contributed by atoms with van der Waals surface area (Å²) in [6.45, 7) is 0. The highest BCUT2D eigenvalue weighted by Gasteiger charge is 2.35. The van der Waals surface area contributed by atoms with Crippen LogP contribution in [0.25, 0.3) is 11.1 Å². The summed E-state index contributed by atoms with van der Waals surface area (Å²) in [5, 5.41) is 19.7. The molecular weight excluding hydrogens is 350 g/mol. The molecule has 134 valence electrons. The van der Waals surface area contributed by atoms with E-state index in [1.54, 1.807) is 30.3 Å². The van der Waals surface area contributed by atoms with E-state index in [-0.39, 0.29) is 29.8 Å². The highest BCUT2D eigenvalue weighted by Crippen LogP contribution is 2.31. The van der Waals surface area contributed by atoms with Gasteiger partial charge in [-0.3, -0.25) is 14.4 Å². The van der Waals surface area contributed by atoms with Gasteiger partial charge in [0, 0.05) is 18.4 Å². The number of nitrogens with two attached hydrogens (primary N) is 1. The van der Waals surface area contributed by atoms with Gasteiger partial charge in [0.25, 0.3) is 5.56 Å². The van der Waals surface area contributed by atoms with E-state index in [1.807, 2.05) is 6.07 Å². The van der Waals surface area contributed by atoms with Gasteiger partial charge >= 0.3 is 0 Å². The molecule has 0 atom stereocenters. The molecule has 0 spiro atoms. The van der Waals surface area contributed by atoms with Crippen molar-refractivity contribution in [2.24, 2.45) is 0 Å². The fourth-order valence-corrected chi connectivity index (χ4v) is 2.93. The van der Waals surface area contributed by atoms with Gasteiger partial charge in [-0.1, -0.05) is 12.1 Å². The second kappa shape index (κ2) is 6.65. The maximum atomic E-state index is 12.9. The van der Waals surface area contributed by atoms with Crippen LogP contribution in [0.15, 0.2) is 29.1 Å². The lowest BCUT2D eigenvalue weighted by Crippen LogP contribution is -2.48. The lowest BCUT2D eigenvalue weighted by molar-refractivity contribution is -0.123. The first-order valence-corrected chi connectivity index (χ1v) is 7.83. The van der Waals surface area contributed by atoms with Crippen molar-refractivity contribution in [1.29, 1.82) is 10.5 Å². The molecule has 27 heavy (non-hydrogen) atoms. The molecule has 3 rings (SSSR count). The van der Waals surface area contributed by atoms with Gasteiger partial charge < -0.3 is 10.5 Å². The first-order valence-electron chi connectivity index (χ1n) is 7.83. The van der Waals surface area contributed by atoms with Crippen molar-refractivity contribution in [1.82, 2.24) is 4.68 Å². The number of imide groups is 1. The highest BCUT2D eigenvalue weighted by atomic mass is 16.5. The van der Waals surface area contributed by atoms with Crippen LogP contribution < -0.4 is 21.0 Å². The number of methoxy groups -OCH3 is 1. The van der Waals surface area contributed by atoms with Crippen molar-refractivity contribution in [3.05, 3.63) is 45.7 Å². The second-order valence-electron chi connectivity index (χ2n) is 5.68. The van der Waals surface area contributed by atoms with E-state index in [2.05, 4.69) is 0 Å². The molecule has 1 aromatic heterocycles. The normalized spacial score (nSPS) is 13.4. The van der Waals surface area contributed by atoms with Crippen molar-refractivity contribution < 1.29 is 14.3 Å². The van der Waals surface area contributed by atoms with Crippen LogP contribution in [0.2, 0.25) is 0 Å². The molecule has 2 heterocycles. The van der Waals surface area contributed by atoms with E-state index in [0.717, 1.165) is 0 Å². The summed E-state index contributed by atoms with van der Waals surface area (Å²) in [6.07, 6.45) is -0.149. The molecular formula is C18H13N5O4. The Morgan fingerprint density at radius 2 is 1.56 bits per heavy atom. The number of nitriles is 2. The Kier molecular flexibility index (Phi) is 4.36. The number of ether oxygens (including phenoxy) is 1. The molecule has 1 aliphatic rings. The van der Waals surface area contributed by atoms with Crippen LogP contribution in [0.1, 0.15) is 24.0 Å². The number of amides is 2. The predicted molar refractivity (Wildman–Crippen MR) is 94.0 cm³/mol. The number of carbonyl (C=O) groups excluding carboxylic acids is 2. The molecule has 1 aromatic carbocycles. The molecule has 2 amide bonds. The van der Waals surface area contributed by atoms with Crippen LogP contribution in [0, 0.1) is 22.7 Å². The van der Waals surface area contributed by atoms with Crippen molar-refractivity contribution >= 4 is 17.6 Å². The van der Waals surface area contributed by atoms with Gasteiger partial charge in [0.05, 0.1) is 7.11 Å². The van der Waals surface area contributed by atoms with E-state index in [4.69, 9.17) is 10.5 Å². The number of hydrogen-bond acceptors (Lipinski definition) is 7. The van der Waals surface area contributed by atoms with Gasteiger partial charge in [0.1, 0.15) is 34.8 Å². The fourth-order valence-electron chi connectivity index (χ4n) is 2.93. The summed E-state index contributed by atoms with van der Waals surface area (Å²) in [5.74, 6) is -1.08. The largest absolute Gasteiger partial charge is 0.497 e. The van der Waals surface area contributed by atoms with Crippen molar-refractivity contribution in [2.75, 3.05) is 17.9 Å². The molecule has 0 unspecified atom stereocenters. The van der Waals surface area contributed by atoms with Gasteiger partial charge in [0.15, 0.2) is 0 Å². The first kappa shape index (κ1) is 17.7. The zero-order chi connectivity index (χ0) is 19.7. The Hall–Kier alpha value is -4.11. The molecule has 1 saturated heterocycles. The number of hydrogen-bond donors (Lipinski definition) is 1. The highest BCUT2D eigenvalue weighted by molar-refractivity contribution is 6.14. The molecule has 2 aromatic rings. The quantitative estimate of drug-likeness (QED) is 0.788. The van der Waals surface area contributed by atoms with Crippen LogP contribution in [0.4, 0.5) is 5.82 Å². The van der Waals surface area contributed by atoms with Crippen molar-refractivity contribution in [2.45, 2.75) is 12.8 Å². The summed E-state index contributed by atoms with van der Waals surface area (Å²) in [6, 6.07) is 9.99. The third kappa shape index (κ3) is 2.68. The van der Waals surface area contributed by atoms with Crippen molar-refractivity contribution in [3.8, 4) is 29.0 Å². The van der Waals surface area contributed by atoms with Crippen LogP contribution in [-0.2, 0) is 9.59 Å². The zero-order valence-corrected chi connectivity index (χ0v) is 14.2. The Bertz CT molecular complexity index is 1090. The molecule has 0 radical (unpaired) electrons.